The molecule has 2 aliphatic rings. The van der Waals surface area contributed by atoms with E-state index in [1.54, 1.807) is 23.2 Å². The quantitative estimate of drug-likeness (QED) is 0.141. The van der Waals surface area contributed by atoms with Crippen molar-refractivity contribution in [1.82, 2.24) is 15.2 Å². The van der Waals surface area contributed by atoms with Crippen LogP contribution in [0.2, 0.25) is 0 Å². The van der Waals surface area contributed by atoms with Crippen LogP contribution in [0.25, 0.3) is 0 Å². The number of thioether (sulfide) groups is 2. The molecule has 0 bridgehead atoms. The number of pyridine rings is 1. The molecule has 0 spiro atoms. The number of carbonyl (C=O) groups excluding carboxylic acids is 3. The largest absolute Gasteiger partial charge is 0.543 e. The fraction of sp³-hybridized carbons (Fsp3) is 0.273. The minimum Gasteiger partial charge on any atom is -0.543 e. The Hall–Kier alpha value is -3.36. The standard InChI is InChI=1S/C22H22N6O5S3/c1-27-7-5-13(6-8-27)34-9-3-4-12-10-35-20-16(19(30)28(20)17(12)21(31)32)25-18(29)15(26-33-2)14-11-36-22(23)24-14/h3-8,11,16,20H,9-10H2,1-2H3,(H3-,23,24,25,29,31,32)/b4-3+,26-15-/t16-,20-/m1/s1. The van der Waals surface area contributed by atoms with Gasteiger partial charge in [-0.05, 0) is 5.57 Å². The summed E-state index contributed by atoms with van der Waals surface area (Å²) in [4.78, 5) is 48.7. The number of hydrogen-bond acceptors (Lipinski definition) is 11. The number of anilines is 1. The Labute approximate surface area is 219 Å². The van der Waals surface area contributed by atoms with Crippen LogP contribution < -0.4 is 20.7 Å². The molecule has 4 rings (SSSR count). The van der Waals surface area contributed by atoms with E-state index in [-0.39, 0.29) is 22.2 Å². The molecule has 0 radical (unpaired) electrons. The van der Waals surface area contributed by atoms with Crippen LogP contribution >= 0.6 is 34.9 Å². The number of aliphatic carboxylic acids is 1. The predicted molar refractivity (Wildman–Crippen MR) is 135 cm³/mol. The van der Waals surface area contributed by atoms with E-state index in [1.165, 1.54) is 18.9 Å². The third-order valence-electron chi connectivity index (χ3n) is 5.25. The zero-order chi connectivity index (χ0) is 25.8. The highest BCUT2D eigenvalue weighted by Crippen LogP contribution is 2.40. The summed E-state index contributed by atoms with van der Waals surface area (Å²) in [5.74, 6) is -1.71. The van der Waals surface area contributed by atoms with Gasteiger partial charge in [0, 0.05) is 33.9 Å². The van der Waals surface area contributed by atoms with Gasteiger partial charge >= 0.3 is 0 Å². The Morgan fingerprint density at radius 3 is 2.83 bits per heavy atom. The number of nitrogens with two attached hydrogens (primary N) is 1. The highest BCUT2D eigenvalue weighted by molar-refractivity contribution is 8.00. The molecule has 1 fully saturated rings. The fourth-order valence-electron chi connectivity index (χ4n) is 3.58. The van der Waals surface area contributed by atoms with Gasteiger partial charge in [0.15, 0.2) is 23.2 Å². The topological polar surface area (TPSA) is 154 Å². The predicted octanol–water partition coefficient (Wildman–Crippen LogP) is -0.347. The van der Waals surface area contributed by atoms with E-state index >= 15 is 0 Å². The monoisotopic (exact) mass is 546 g/mol. The van der Waals surface area contributed by atoms with E-state index in [9.17, 15) is 19.5 Å². The van der Waals surface area contributed by atoms with Crippen LogP contribution in [-0.4, -0.2) is 63.4 Å². The molecule has 0 aromatic carbocycles. The van der Waals surface area contributed by atoms with Crippen molar-refractivity contribution in [2.75, 3.05) is 24.3 Å². The van der Waals surface area contributed by atoms with Crippen LogP contribution in [0, 0.1) is 0 Å². The lowest BCUT2D eigenvalue weighted by Crippen LogP contribution is -2.71. The first kappa shape index (κ1) is 25.7. The number of nitrogens with zero attached hydrogens (tertiary/aromatic N) is 4. The average Bonchev–Trinajstić information content (AvgIpc) is 3.29. The maximum absolute atomic E-state index is 12.9. The van der Waals surface area contributed by atoms with Crippen molar-refractivity contribution in [3.8, 4) is 0 Å². The number of nitrogens with one attached hydrogen (secondary N) is 1. The number of fused-ring (bicyclic) bond motifs is 1. The highest BCUT2D eigenvalue weighted by atomic mass is 32.2. The molecule has 4 heterocycles. The number of carboxylic acids is 1. The van der Waals surface area contributed by atoms with Crippen LogP contribution in [0.5, 0.6) is 0 Å². The third-order valence-corrected chi connectivity index (χ3v) is 8.19. The highest BCUT2D eigenvalue weighted by Gasteiger charge is 2.53. The number of carbonyl (C=O) groups is 3. The van der Waals surface area contributed by atoms with Gasteiger partial charge in [-0.2, -0.15) is 0 Å². The number of nitrogen functional groups attached to an aromatic ring is 1. The molecular weight excluding hydrogens is 524 g/mol. The second kappa shape index (κ2) is 11.1. The van der Waals surface area contributed by atoms with E-state index < -0.39 is 29.2 Å². The van der Waals surface area contributed by atoms with Crippen molar-refractivity contribution >= 4 is 63.5 Å². The average molecular weight is 547 g/mol. The number of allylic oxidation sites excluding steroid dienone is 1. The molecule has 188 valence electrons. The first-order valence-electron chi connectivity index (χ1n) is 10.6. The smallest absolute Gasteiger partial charge is 0.276 e. The second-order valence-corrected chi connectivity index (χ2v) is 10.7. The summed E-state index contributed by atoms with van der Waals surface area (Å²) in [5.41, 5.74) is 6.01. The number of amides is 2. The molecule has 2 aliphatic heterocycles. The summed E-state index contributed by atoms with van der Waals surface area (Å²) < 4.78 is 1.94. The van der Waals surface area contributed by atoms with Gasteiger partial charge in [-0.3, -0.25) is 14.5 Å². The van der Waals surface area contributed by atoms with Crippen molar-refractivity contribution < 1.29 is 28.9 Å². The summed E-state index contributed by atoms with van der Waals surface area (Å²) in [5, 5.41) is 19.5. The van der Waals surface area contributed by atoms with E-state index in [0.29, 0.717) is 17.1 Å². The summed E-state index contributed by atoms with van der Waals surface area (Å²) in [6.07, 6.45) is 7.45. The normalized spacial score (nSPS) is 19.8. The Morgan fingerprint density at radius 2 is 2.19 bits per heavy atom. The van der Waals surface area contributed by atoms with Gasteiger partial charge in [-0.1, -0.05) is 17.3 Å². The first-order valence-corrected chi connectivity index (χ1v) is 13.5. The molecule has 11 nitrogen and oxygen atoms in total. The Kier molecular flexibility index (Phi) is 7.96. The lowest BCUT2D eigenvalue weighted by atomic mass is 10.0. The van der Waals surface area contributed by atoms with Crippen molar-refractivity contribution in [1.29, 1.82) is 0 Å². The van der Waals surface area contributed by atoms with Crippen LogP contribution in [-0.2, 0) is 26.3 Å². The summed E-state index contributed by atoms with van der Waals surface area (Å²) in [6, 6.07) is 3.05. The number of aryl methyl sites for hydroxylation is 1. The molecular formula is C22H22N6O5S3. The third kappa shape index (κ3) is 5.39. The molecule has 2 aromatic heterocycles. The Morgan fingerprint density at radius 1 is 1.44 bits per heavy atom. The second-order valence-electron chi connectivity index (χ2n) is 7.63. The first-order chi connectivity index (χ1) is 17.3. The van der Waals surface area contributed by atoms with Gasteiger partial charge in [-0.25, -0.2) is 9.55 Å². The molecule has 2 amide bonds. The number of oxime groups is 1. The zero-order valence-corrected chi connectivity index (χ0v) is 21.7. The van der Waals surface area contributed by atoms with E-state index in [1.807, 2.05) is 42.2 Å². The molecule has 2 aromatic rings. The van der Waals surface area contributed by atoms with E-state index in [2.05, 4.69) is 15.5 Å². The van der Waals surface area contributed by atoms with E-state index in [0.717, 1.165) is 21.1 Å². The van der Waals surface area contributed by atoms with Crippen LogP contribution in [0.3, 0.4) is 0 Å². The Balaban J connectivity index is 1.44. The molecule has 14 heteroatoms. The molecule has 1 saturated heterocycles. The summed E-state index contributed by atoms with van der Waals surface area (Å²) in [7, 11) is 3.22. The van der Waals surface area contributed by atoms with Crippen molar-refractivity contribution in [2.45, 2.75) is 16.3 Å². The lowest BCUT2D eigenvalue weighted by Gasteiger charge is -2.50. The van der Waals surface area contributed by atoms with E-state index in [4.69, 9.17) is 10.6 Å². The molecule has 36 heavy (non-hydrogen) atoms. The number of thiazole rings is 1. The number of carboxylic acid groups (broad SMARTS) is 1. The van der Waals surface area contributed by atoms with Gasteiger partial charge in [0.25, 0.3) is 11.8 Å². The fourth-order valence-corrected chi connectivity index (χ4v) is 6.15. The molecule has 2 atom stereocenters. The molecule has 0 unspecified atom stereocenters. The SMILES string of the molecule is CO/N=C(\C(=O)N[C@@H]1C(=O)N2C(C(=O)[O-])=C(/C=C/CSc3cc[n+](C)cc3)CS[C@H]12)c1csc(N)n1. The van der Waals surface area contributed by atoms with Gasteiger partial charge < -0.3 is 25.8 Å². The maximum atomic E-state index is 12.9. The van der Waals surface area contributed by atoms with Crippen LogP contribution in [0.15, 0.2) is 63.4 Å². The summed E-state index contributed by atoms with van der Waals surface area (Å²) >= 11 is 4.08. The van der Waals surface area contributed by atoms with Crippen LogP contribution in [0.1, 0.15) is 5.69 Å². The van der Waals surface area contributed by atoms with Gasteiger partial charge in [0.05, 0.1) is 11.7 Å². The van der Waals surface area contributed by atoms with Crippen LogP contribution in [0.4, 0.5) is 5.13 Å². The van der Waals surface area contributed by atoms with Crippen molar-refractivity contribution in [2.24, 2.45) is 12.2 Å². The number of hydrogen-bond donors (Lipinski definition) is 2. The lowest BCUT2D eigenvalue weighted by molar-refractivity contribution is -0.671. The molecule has 0 aliphatic carbocycles. The van der Waals surface area contributed by atoms with Gasteiger partial charge in [0.1, 0.15) is 31.3 Å². The molecule has 0 saturated carbocycles. The number of rotatable bonds is 9. The maximum Gasteiger partial charge on any atom is 0.276 e. The Bertz CT molecular complexity index is 1270. The summed E-state index contributed by atoms with van der Waals surface area (Å²) in [6.45, 7) is 0. The zero-order valence-electron chi connectivity index (χ0n) is 19.2. The van der Waals surface area contributed by atoms with Gasteiger partial charge in [0.2, 0.25) is 0 Å². The number of aromatic nitrogens is 2. The number of β-lactam (4-membered cyclic amide) rings is 1. The van der Waals surface area contributed by atoms with Crippen molar-refractivity contribution in [3.63, 3.8) is 0 Å². The minimum atomic E-state index is -1.44. The minimum absolute atomic E-state index is 0.138. The van der Waals surface area contributed by atoms with Gasteiger partial charge in [-0.15, -0.1) is 34.9 Å². The van der Waals surface area contributed by atoms with Crippen molar-refractivity contribution in [3.05, 3.63) is 59.0 Å². The molecule has 3 N–H and O–H groups in total.